The van der Waals surface area contributed by atoms with Crippen LogP contribution in [0.25, 0.3) is 0 Å². The van der Waals surface area contributed by atoms with Crippen molar-refractivity contribution in [2.75, 3.05) is 0 Å². The third-order valence-electron chi connectivity index (χ3n) is 2.22. The number of halogens is 1. The molecular weight excluding hydrogens is 168 g/mol. The summed E-state index contributed by atoms with van der Waals surface area (Å²) in [6.07, 6.45) is 1.11. The van der Waals surface area contributed by atoms with Crippen LogP contribution in [0.15, 0.2) is 30.3 Å². The fourth-order valence-corrected chi connectivity index (χ4v) is 1.85. The topological polar surface area (TPSA) is 0 Å². The molecule has 0 amide bonds. The van der Waals surface area contributed by atoms with Crippen molar-refractivity contribution >= 4 is 11.6 Å². The number of alkyl halides is 1. The van der Waals surface area contributed by atoms with Gasteiger partial charge in [-0.05, 0) is 24.8 Å². The van der Waals surface area contributed by atoms with E-state index < -0.39 is 0 Å². The largest absolute Gasteiger partial charge is 0.123 e. The zero-order chi connectivity index (χ0) is 8.97. The quantitative estimate of drug-likeness (QED) is 0.624. The van der Waals surface area contributed by atoms with Gasteiger partial charge in [-0.2, -0.15) is 0 Å². The van der Waals surface area contributed by atoms with Crippen molar-refractivity contribution in [2.24, 2.45) is 0 Å². The molecule has 0 N–H and O–H groups in total. The van der Waals surface area contributed by atoms with Crippen molar-refractivity contribution in [1.29, 1.82) is 0 Å². The number of hydrogen-bond donors (Lipinski definition) is 0. The maximum absolute atomic E-state index is 6.08. The van der Waals surface area contributed by atoms with Gasteiger partial charge in [0.15, 0.2) is 0 Å². The Morgan fingerprint density at radius 1 is 1.25 bits per heavy atom. The normalized spacial score (nSPS) is 15.6. The van der Waals surface area contributed by atoms with Crippen LogP contribution in [-0.4, -0.2) is 5.38 Å². The Bertz CT molecular complexity index is 216. The van der Waals surface area contributed by atoms with Gasteiger partial charge in [0.1, 0.15) is 0 Å². The molecule has 12 heavy (non-hydrogen) atoms. The lowest BCUT2D eigenvalue weighted by molar-refractivity contribution is 0.649. The van der Waals surface area contributed by atoms with Gasteiger partial charge in [0.05, 0.1) is 0 Å². The highest BCUT2D eigenvalue weighted by Gasteiger charge is 2.13. The van der Waals surface area contributed by atoms with E-state index in [4.69, 9.17) is 11.6 Å². The van der Waals surface area contributed by atoms with Gasteiger partial charge in [-0.3, -0.25) is 0 Å². The Hall–Kier alpha value is -0.490. The molecule has 0 aromatic heterocycles. The minimum atomic E-state index is 0.220. The van der Waals surface area contributed by atoms with Crippen LogP contribution >= 0.6 is 11.6 Å². The Balaban J connectivity index is 2.80. The van der Waals surface area contributed by atoms with Crippen LogP contribution in [-0.2, 0) is 0 Å². The Kier molecular flexibility index (Phi) is 3.61. The molecule has 0 radical (unpaired) electrons. The van der Waals surface area contributed by atoms with Gasteiger partial charge in [0.2, 0.25) is 0 Å². The predicted molar refractivity (Wildman–Crippen MR) is 54.8 cm³/mol. The first-order valence-corrected chi connectivity index (χ1v) is 4.88. The first-order valence-electron chi connectivity index (χ1n) is 4.44. The summed E-state index contributed by atoms with van der Waals surface area (Å²) >= 11 is 6.08. The molecule has 1 aromatic rings. The van der Waals surface area contributed by atoms with Crippen LogP contribution in [0.3, 0.4) is 0 Å². The van der Waals surface area contributed by atoms with Crippen LogP contribution in [0.2, 0.25) is 0 Å². The van der Waals surface area contributed by atoms with E-state index in [1.807, 2.05) is 6.07 Å². The second-order valence-corrected chi connectivity index (χ2v) is 3.79. The van der Waals surface area contributed by atoms with E-state index in [1.54, 1.807) is 0 Å². The predicted octanol–water partition coefficient (Wildman–Crippen LogP) is 3.81. The number of benzene rings is 1. The minimum Gasteiger partial charge on any atom is -0.123 e. The van der Waals surface area contributed by atoms with Crippen LogP contribution < -0.4 is 0 Å². The van der Waals surface area contributed by atoms with E-state index >= 15 is 0 Å². The average molecular weight is 183 g/mol. The highest BCUT2D eigenvalue weighted by molar-refractivity contribution is 6.20. The molecule has 1 rings (SSSR count). The maximum Gasteiger partial charge on any atom is 0.0376 e. The van der Waals surface area contributed by atoms with Crippen molar-refractivity contribution in [1.82, 2.24) is 0 Å². The third kappa shape index (κ3) is 2.25. The lowest BCUT2D eigenvalue weighted by atomic mass is 9.94. The van der Waals surface area contributed by atoms with E-state index in [2.05, 4.69) is 38.1 Å². The molecular formula is C11H15Cl. The first kappa shape index (κ1) is 9.60. The van der Waals surface area contributed by atoms with Gasteiger partial charge >= 0.3 is 0 Å². The molecule has 1 heteroatoms. The third-order valence-corrected chi connectivity index (χ3v) is 2.53. The van der Waals surface area contributed by atoms with Crippen molar-refractivity contribution in [3.63, 3.8) is 0 Å². The van der Waals surface area contributed by atoms with Crippen LogP contribution in [0.5, 0.6) is 0 Å². The van der Waals surface area contributed by atoms with Gasteiger partial charge in [-0.25, -0.2) is 0 Å². The van der Waals surface area contributed by atoms with Crippen molar-refractivity contribution < 1.29 is 0 Å². The van der Waals surface area contributed by atoms with Gasteiger partial charge < -0.3 is 0 Å². The molecule has 0 saturated carbocycles. The number of hydrogen-bond acceptors (Lipinski definition) is 0. The Morgan fingerprint density at radius 3 is 2.25 bits per heavy atom. The first-order chi connectivity index (χ1) is 5.75. The monoisotopic (exact) mass is 182 g/mol. The Labute approximate surface area is 79.6 Å². The fraction of sp³-hybridized carbons (Fsp3) is 0.455. The van der Waals surface area contributed by atoms with Crippen molar-refractivity contribution in [3.8, 4) is 0 Å². The smallest absolute Gasteiger partial charge is 0.0376 e. The molecule has 0 bridgehead atoms. The highest BCUT2D eigenvalue weighted by atomic mass is 35.5. The molecule has 0 aliphatic heterocycles. The van der Waals surface area contributed by atoms with Gasteiger partial charge in [0.25, 0.3) is 0 Å². The number of rotatable bonds is 3. The molecule has 0 spiro atoms. The summed E-state index contributed by atoms with van der Waals surface area (Å²) < 4.78 is 0. The van der Waals surface area contributed by atoms with Crippen molar-refractivity contribution in [2.45, 2.75) is 31.6 Å². The standard InChI is InChI=1S/C11H15Cl/c1-3-11(9(2)12)10-7-5-4-6-8-10/h4-9,11H,3H2,1-2H3/t9-,11+/m1/s1. The molecule has 0 fully saturated rings. The molecule has 0 unspecified atom stereocenters. The van der Waals surface area contributed by atoms with Crippen LogP contribution in [0, 0.1) is 0 Å². The molecule has 0 aliphatic carbocycles. The van der Waals surface area contributed by atoms with Gasteiger partial charge in [-0.1, -0.05) is 37.3 Å². The Morgan fingerprint density at radius 2 is 1.83 bits per heavy atom. The highest BCUT2D eigenvalue weighted by Crippen LogP contribution is 2.26. The summed E-state index contributed by atoms with van der Waals surface area (Å²) in [5.41, 5.74) is 1.35. The van der Waals surface area contributed by atoms with E-state index in [1.165, 1.54) is 5.56 Å². The zero-order valence-electron chi connectivity index (χ0n) is 7.63. The lowest BCUT2D eigenvalue weighted by Gasteiger charge is -2.17. The van der Waals surface area contributed by atoms with E-state index in [-0.39, 0.29) is 5.38 Å². The van der Waals surface area contributed by atoms with E-state index in [9.17, 15) is 0 Å². The van der Waals surface area contributed by atoms with Gasteiger partial charge in [-0.15, -0.1) is 11.6 Å². The summed E-state index contributed by atoms with van der Waals surface area (Å²) in [5.74, 6) is 0.493. The maximum atomic E-state index is 6.08. The van der Waals surface area contributed by atoms with Gasteiger partial charge in [0, 0.05) is 5.38 Å². The lowest BCUT2D eigenvalue weighted by Crippen LogP contribution is -2.07. The molecule has 66 valence electrons. The summed E-state index contributed by atoms with van der Waals surface area (Å²) in [4.78, 5) is 0. The second-order valence-electron chi connectivity index (χ2n) is 3.10. The molecule has 1 aromatic carbocycles. The van der Waals surface area contributed by atoms with E-state index in [0.717, 1.165) is 6.42 Å². The molecule has 2 atom stereocenters. The van der Waals surface area contributed by atoms with Crippen LogP contribution in [0.4, 0.5) is 0 Å². The van der Waals surface area contributed by atoms with Crippen LogP contribution in [0.1, 0.15) is 31.7 Å². The summed E-state index contributed by atoms with van der Waals surface area (Å²) in [7, 11) is 0. The SMILES string of the molecule is CC[C@H](c1ccccc1)[C@@H](C)Cl. The summed E-state index contributed by atoms with van der Waals surface area (Å²) in [6.45, 7) is 4.24. The molecule has 0 heterocycles. The van der Waals surface area contributed by atoms with Crippen molar-refractivity contribution in [3.05, 3.63) is 35.9 Å². The molecule has 0 saturated heterocycles. The minimum absolute atomic E-state index is 0.220. The average Bonchev–Trinajstić information content (AvgIpc) is 2.07. The summed E-state index contributed by atoms with van der Waals surface area (Å²) in [5, 5.41) is 0.220. The summed E-state index contributed by atoms with van der Waals surface area (Å²) in [6, 6.07) is 10.5. The molecule has 0 aliphatic rings. The second kappa shape index (κ2) is 4.51. The van der Waals surface area contributed by atoms with E-state index in [0.29, 0.717) is 5.92 Å². The fourth-order valence-electron chi connectivity index (χ4n) is 1.53. The zero-order valence-corrected chi connectivity index (χ0v) is 8.38. The molecule has 0 nitrogen and oxygen atoms in total.